The van der Waals surface area contributed by atoms with Crippen LogP contribution >= 0.6 is 0 Å². The van der Waals surface area contributed by atoms with Gasteiger partial charge in [-0.1, -0.05) is 13.8 Å². The molecule has 12 heavy (non-hydrogen) atoms. The number of rotatable bonds is 2. The van der Waals surface area contributed by atoms with E-state index >= 15 is 0 Å². The molecule has 0 aromatic rings. The van der Waals surface area contributed by atoms with Gasteiger partial charge in [0.25, 0.3) is 0 Å². The molecule has 3 heteroatoms. The lowest BCUT2D eigenvalue weighted by atomic mass is 10.1. The van der Waals surface area contributed by atoms with Crippen LogP contribution in [0.3, 0.4) is 0 Å². The van der Waals surface area contributed by atoms with E-state index in [4.69, 9.17) is 0 Å². The number of hydrogen-bond donors (Lipinski definition) is 0. The molecule has 2 nitrogen and oxygen atoms in total. The first-order valence-corrected chi connectivity index (χ1v) is 3.93. The van der Waals surface area contributed by atoms with Crippen molar-refractivity contribution in [3.63, 3.8) is 0 Å². The second kappa shape index (κ2) is 2.88. The zero-order chi connectivity index (χ0) is 9.35. The first-order chi connectivity index (χ1) is 5.47. The number of carbonyl (C=O) groups excluding carboxylic acids is 1. The van der Waals surface area contributed by atoms with E-state index in [1.807, 2.05) is 13.8 Å². The fourth-order valence-electron chi connectivity index (χ4n) is 1.13. The summed E-state index contributed by atoms with van der Waals surface area (Å²) in [4.78, 5) is 10.6. The van der Waals surface area contributed by atoms with Gasteiger partial charge >= 0.3 is 5.97 Å². The third-order valence-electron chi connectivity index (χ3n) is 2.32. The minimum atomic E-state index is -0.877. The summed E-state index contributed by atoms with van der Waals surface area (Å²) < 4.78 is 17.0. The van der Waals surface area contributed by atoms with Crippen molar-refractivity contribution < 1.29 is 13.9 Å². The van der Waals surface area contributed by atoms with E-state index < -0.39 is 11.8 Å². The summed E-state index contributed by atoms with van der Waals surface area (Å²) in [6.45, 7) is 4.08. The van der Waals surface area contributed by atoms with E-state index in [-0.39, 0.29) is 11.3 Å². The normalized spacial score (nSPS) is 26.7. The number of ether oxygens (including phenoxy) is 1. The highest BCUT2D eigenvalue weighted by Crippen LogP contribution is 2.52. The summed E-state index contributed by atoms with van der Waals surface area (Å²) in [6, 6.07) is 0. The molecule has 0 aliphatic heterocycles. The van der Waals surface area contributed by atoms with Crippen LogP contribution in [0, 0.1) is 11.3 Å². The largest absolute Gasteiger partial charge is 0.464 e. The lowest BCUT2D eigenvalue weighted by molar-refractivity contribution is -0.137. The highest BCUT2D eigenvalue weighted by atomic mass is 19.1. The van der Waals surface area contributed by atoms with Crippen molar-refractivity contribution >= 4 is 5.97 Å². The van der Waals surface area contributed by atoms with E-state index in [0.717, 1.165) is 6.42 Å². The Morgan fingerprint density at radius 2 is 2.17 bits per heavy atom. The van der Waals surface area contributed by atoms with Gasteiger partial charge in [-0.25, -0.2) is 4.79 Å². The molecule has 0 spiro atoms. The Hall–Kier alpha value is -0.860. The maximum Gasteiger partial charge on any atom is 0.366 e. The monoisotopic (exact) mass is 172 g/mol. The summed E-state index contributed by atoms with van der Waals surface area (Å²) in [6.07, 6.45) is 2.29. The zero-order valence-electron chi connectivity index (χ0n) is 7.56. The number of hydrogen-bond acceptors (Lipinski definition) is 2. The van der Waals surface area contributed by atoms with Crippen LogP contribution in [0.25, 0.3) is 0 Å². The Morgan fingerprint density at radius 1 is 1.67 bits per heavy atom. The second-order valence-corrected chi connectivity index (χ2v) is 3.81. The van der Waals surface area contributed by atoms with Crippen LogP contribution in [0.15, 0.2) is 11.9 Å². The van der Waals surface area contributed by atoms with Crippen LogP contribution in [0.5, 0.6) is 0 Å². The third-order valence-corrected chi connectivity index (χ3v) is 2.32. The minimum Gasteiger partial charge on any atom is -0.464 e. The Morgan fingerprint density at radius 3 is 2.50 bits per heavy atom. The molecule has 1 atom stereocenters. The predicted molar refractivity (Wildman–Crippen MR) is 43.1 cm³/mol. The van der Waals surface area contributed by atoms with Gasteiger partial charge in [-0.05, 0) is 23.8 Å². The molecule has 0 N–H and O–H groups in total. The average Bonchev–Trinajstić information content (AvgIpc) is 2.57. The van der Waals surface area contributed by atoms with Crippen molar-refractivity contribution in [3.8, 4) is 0 Å². The summed E-state index contributed by atoms with van der Waals surface area (Å²) in [5, 5.41) is 0. The number of halogens is 1. The maximum atomic E-state index is 12.8. The standard InChI is InChI=1S/C9H13FO2/c1-9(2)5-6(9)4-7(10)8(11)12-3/h4,6H,5H2,1-3H3. The van der Waals surface area contributed by atoms with Crippen molar-refractivity contribution in [3.05, 3.63) is 11.9 Å². The molecule has 0 bridgehead atoms. The third kappa shape index (κ3) is 1.84. The maximum absolute atomic E-state index is 12.8. The van der Waals surface area contributed by atoms with Crippen LogP contribution in [-0.4, -0.2) is 13.1 Å². The van der Waals surface area contributed by atoms with E-state index in [9.17, 15) is 9.18 Å². The molecule has 0 saturated heterocycles. The average molecular weight is 172 g/mol. The van der Waals surface area contributed by atoms with Crippen molar-refractivity contribution in [1.29, 1.82) is 0 Å². The smallest absolute Gasteiger partial charge is 0.366 e. The molecule has 0 aromatic carbocycles. The van der Waals surface area contributed by atoms with Gasteiger partial charge in [0.2, 0.25) is 5.83 Å². The molecule has 0 heterocycles. The van der Waals surface area contributed by atoms with Gasteiger partial charge in [0.15, 0.2) is 0 Å². The summed E-state index contributed by atoms with van der Waals surface area (Å²) in [5.74, 6) is -1.46. The molecular formula is C9H13FO2. The summed E-state index contributed by atoms with van der Waals surface area (Å²) in [7, 11) is 1.17. The molecule has 0 aromatic heterocycles. The van der Waals surface area contributed by atoms with E-state index in [1.54, 1.807) is 0 Å². The Kier molecular flexibility index (Phi) is 2.22. The second-order valence-electron chi connectivity index (χ2n) is 3.81. The molecule has 68 valence electrons. The molecule has 1 unspecified atom stereocenters. The van der Waals surface area contributed by atoms with Gasteiger partial charge < -0.3 is 4.74 Å². The van der Waals surface area contributed by atoms with E-state index in [0.29, 0.717) is 0 Å². The first-order valence-electron chi connectivity index (χ1n) is 3.93. The number of carbonyl (C=O) groups is 1. The lowest BCUT2D eigenvalue weighted by Gasteiger charge is -1.97. The van der Waals surface area contributed by atoms with Crippen LogP contribution in [0.2, 0.25) is 0 Å². The van der Waals surface area contributed by atoms with E-state index in [1.165, 1.54) is 13.2 Å². The highest BCUT2D eigenvalue weighted by molar-refractivity contribution is 5.85. The highest BCUT2D eigenvalue weighted by Gasteiger charge is 2.44. The van der Waals surface area contributed by atoms with Crippen molar-refractivity contribution in [1.82, 2.24) is 0 Å². The first kappa shape index (κ1) is 9.23. The zero-order valence-corrected chi connectivity index (χ0v) is 7.56. The fraction of sp³-hybridized carbons (Fsp3) is 0.667. The molecular weight excluding hydrogens is 159 g/mol. The number of methoxy groups -OCH3 is 1. The SMILES string of the molecule is COC(=O)C(F)=CC1CC1(C)C. The van der Waals surface area contributed by atoms with Gasteiger partial charge in [0.05, 0.1) is 7.11 Å². The van der Waals surface area contributed by atoms with Crippen molar-refractivity contribution in [2.45, 2.75) is 20.3 Å². The van der Waals surface area contributed by atoms with Gasteiger partial charge in [0.1, 0.15) is 0 Å². The summed E-state index contributed by atoms with van der Waals surface area (Å²) in [5.41, 5.74) is 0.158. The van der Waals surface area contributed by atoms with Gasteiger partial charge in [-0.2, -0.15) is 4.39 Å². The van der Waals surface area contributed by atoms with Gasteiger partial charge in [0, 0.05) is 0 Å². The molecule has 1 fully saturated rings. The minimum absolute atomic E-state index is 0.158. The predicted octanol–water partition coefficient (Wildman–Crippen LogP) is 2.06. The van der Waals surface area contributed by atoms with Gasteiger partial charge in [-0.3, -0.25) is 0 Å². The van der Waals surface area contributed by atoms with Gasteiger partial charge in [-0.15, -0.1) is 0 Å². The fourth-order valence-corrected chi connectivity index (χ4v) is 1.13. The van der Waals surface area contributed by atoms with Crippen molar-refractivity contribution in [2.75, 3.05) is 7.11 Å². The summed E-state index contributed by atoms with van der Waals surface area (Å²) >= 11 is 0. The van der Waals surface area contributed by atoms with Crippen LogP contribution in [0.4, 0.5) is 4.39 Å². The molecule has 1 aliphatic carbocycles. The van der Waals surface area contributed by atoms with E-state index in [2.05, 4.69) is 4.74 Å². The number of esters is 1. The lowest BCUT2D eigenvalue weighted by Crippen LogP contribution is -2.01. The number of allylic oxidation sites excluding steroid dienone is 1. The molecule has 0 amide bonds. The quantitative estimate of drug-likeness (QED) is 0.470. The Balaban J connectivity index is 2.54. The molecule has 0 radical (unpaired) electrons. The molecule has 1 rings (SSSR count). The van der Waals surface area contributed by atoms with Crippen molar-refractivity contribution in [2.24, 2.45) is 11.3 Å². The van der Waals surface area contributed by atoms with Crippen LogP contribution in [0.1, 0.15) is 20.3 Å². The molecule has 1 aliphatic rings. The topological polar surface area (TPSA) is 26.3 Å². The molecule has 1 saturated carbocycles. The van der Waals surface area contributed by atoms with Crippen LogP contribution in [-0.2, 0) is 9.53 Å². The van der Waals surface area contributed by atoms with Crippen LogP contribution < -0.4 is 0 Å². The Labute approximate surface area is 71.4 Å². The Bertz CT molecular complexity index is 231.